The maximum absolute atomic E-state index is 13.4. The van der Waals surface area contributed by atoms with Crippen LogP contribution in [0.15, 0.2) is 44.7 Å². The van der Waals surface area contributed by atoms with E-state index in [4.69, 9.17) is 5.73 Å². The van der Waals surface area contributed by atoms with E-state index in [-0.39, 0.29) is 17.6 Å². The molecule has 1 amide bonds. The number of nitrogens with zero attached hydrogens (tertiary/aromatic N) is 4. The monoisotopic (exact) mass is 504 g/mol. The second kappa shape index (κ2) is 12.1. The largest absolute Gasteiger partial charge is 0.370 e. The number of Topliss-reactive ketones (excluding diaryl/α,β-unsaturated/α-hetero) is 1. The summed E-state index contributed by atoms with van der Waals surface area (Å²) in [6.45, 7) is 0.494. The number of guanidine groups is 1. The lowest BCUT2D eigenvalue weighted by Gasteiger charge is -2.24. The standard InChI is InChI=1S/C29H40N6O2/c30-29(33-28(37)17-24-15-21-9-11-22(24)14-21)32-25(16-19-5-2-1-3-6-19)27(36)12-10-20-7-4-8-23(13-20)26-18-31-35-34-26/h4,7-8,13,19,21-22,24-25H,1-3,5-6,9-12,14-18H2,(H3,30,32,33,37)/t21-,22+,24?,25-/m1/s1. The van der Waals surface area contributed by atoms with Crippen molar-refractivity contribution in [2.75, 3.05) is 6.54 Å². The van der Waals surface area contributed by atoms with Crippen LogP contribution in [0.2, 0.25) is 0 Å². The minimum atomic E-state index is -0.508. The first-order valence-electron chi connectivity index (χ1n) is 14.2. The fourth-order valence-corrected chi connectivity index (χ4v) is 6.96. The van der Waals surface area contributed by atoms with Crippen molar-refractivity contribution in [2.24, 2.45) is 49.8 Å². The quantitative estimate of drug-likeness (QED) is 0.346. The van der Waals surface area contributed by atoms with Gasteiger partial charge in [-0.25, -0.2) is 4.99 Å². The normalized spacial score (nSPS) is 26.3. The van der Waals surface area contributed by atoms with Crippen LogP contribution in [0, 0.1) is 23.7 Å². The van der Waals surface area contributed by atoms with Gasteiger partial charge in [0.1, 0.15) is 12.6 Å². The van der Waals surface area contributed by atoms with Gasteiger partial charge in [0.15, 0.2) is 11.7 Å². The number of rotatable bonds is 10. The van der Waals surface area contributed by atoms with Gasteiger partial charge >= 0.3 is 0 Å². The Morgan fingerprint density at radius 1 is 1.11 bits per heavy atom. The highest BCUT2D eigenvalue weighted by molar-refractivity contribution is 6.02. The number of carbonyl (C=O) groups excluding carboxylic acids is 2. The lowest BCUT2D eigenvalue weighted by molar-refractivity contribution is -0.122. The summed E-state index contributed by atoms with van der Waals surface area (Å²) >= 11 is 0. The SMILES string of the molecule is NC(=N[C@H](CC1CCCCC1)C(=O)CCc1cccc(C2=NN=NC2)c1)NC(=O)CC1C[C@@H]2CC[C@H]1C2. The van der Waals surface area contributed by atoms with Gasteiger partial charge in [-0.3, -0.25) is 14.9 Å². The summed E-state index contributed by atoms with van der Waals surface area (Å²) in [5, 5.41) is 14.5. The number of carbonyl (C=O) groups is 2. The molecule has 3 N–H and O–H groups in total. The molecule has 0 spiro atoms. The molecule has 0 aromatic heterocycles. The number of hydrogen-bond acceptors (Lipinski definition) is 6. The van der Waals surface area contributed by atoms with Gasteiger partial charge in [-0.05, 0) is 72.6 Å². The third kappa shape index (κ3) is 6.90. The molecular weight excluding hydrogens is 464 g/mol. The van der Waals surface area contributed by atoms with E-state index in [1.165, 1.54) is 38.5 Å². The molecule has 4 atom stereocenters. The summed E-state index contributed by atoms with van der Waals surface area (Å²) in [5.41, 5.74) is 9.12. The lowest BCUT2D eigenvalue weighted by Crippen LogP contribution is -2.40. The molecule has 3 aliphatic carbocycles. The summed E-state index contributed by atoms with van der Waals surface area (Å²) < 4.78 is 0. The number of hydrogen-bond donors (Lipinski definition) is 2. The fraction of sp³-hybridized carbons (Fsp3) is 0.655. The molecule has 0 radical (unpaired) electrons. The van der Waals surface area contributed by atoms with Gasteiger partial charge in [0, 0.05) is 18.4 Å². The van der Waals surface area contributed by atoms with Gasteiger partial charge in [0.2, 0.25) is 5.91 Å². The van der Waals surface area contributed by atoms with Crippen LogP contribution >= 0.6 is 0 Å². The van der Waals surface area contributed by atoms with E-state index in [0.29, 0.717) is 50.0 Å². The van der Waals surface area contributed by atoms with E-state index in [2.05, 4.69) is 31.8 Å². The molecule has 1 aromatic rings. The molecule has 5 rings (SSSR count). The third-order valence-corrected chi connectivity index (χ3v) is 8.92. The van der Waals surface area contributed by atoms with Crippen LogP contribution in [0.5, 0.6) is 0 Å². The Morgan fingerprint density at radius 2 is 1.97 bits per heavy atom. The van der Waals surface area contributed by atoms with Crippen molar-refractivity contribution in [1.29, 1.82) is 0 Å². The number of amides is 1. The minimum absolute atomic E-state index is 0.0622. The van der Waals surface area contributed by atoms with Gasteiger partial charge in [0.05, 0.1) is 5.71 Å². The summed E-state index contributed by atoms with van der Waals surface area (Å²) in [7, 11) is 0. The van der Waals surface area contributed by atoms with Crippen molar-refractivity contribution in [1.82, 2.24) is 5.32 Å². The molecule has 37 heavy (non-hydrogen) atoms. The molecule has 1 aromatic carbocycles. The zero-order valence-electron chi connectivity index (χ0n) is 21.8. The molecule has 8 nitrogen and oxygen atoms in total. The average Bonchev–Trinajstić information content (AvgIpc) is 3.67. The zero-order valence-corrected chi connectivity index (χ0v) is 21.8. The molecule has 2 bridgehead atoms. The predicted molar refractivity (Wildman–Crippen MR) is 144 cm³/mol. The van der Waals surface area contributed by atoms with Gasteiger partial charge in [-0.15, -0.1) is 5.10 Å². The Morgan fingerprint density at radius 3 is 2.70 bits per heavy atom. The molecule has 1 heterocycles. The minimum Gasteiger partial charge on any atom is -0.370 e. The number of aliphatic imine (C=N–C) groups is 1. The lowest BCUT2D eigenvalue weighted by atomic mass is 9.83. The van der Waals surface area contributed by atoms with Crippen LogP contribution < -0.4 is 11.1 Å². The number of fused-ring (bicyclic) bond motifs is 2. The maximum atomic E-state index is 13.4. The van der Waals surface area contributed by atoms with Gasteiger partial charge in [-0.1, -0.05) is 56.7 Å². The first kappa shape index (κ1) is 25.7. The van der Waals surface area contributed by atoms with Crippen molar-refractivity contribution in [2.45, 2.75) is 89.5 Å². The van der Waals surface area contributed by atoms with Crippen LogP contribution in [0.1, 0.15) is 88.2 Å². The van der Waals surface area contributed by atoms with E-state index in [9.17, 15) is 9.59 Å². The molecule has 198 valence electrons. The van der Waals surface area contributed by atoms with Crippen molar-refractivity contribution < 1.29 is 9.59 Å². The Balaban J connectivity index is 1.19. The van der Waals surface area contributed by atoms with Gasteiger partial charge in [0.25, 0.3) is 0 Å². The number of ketones is 1. The zero-order chi connectivity index (χ0) is 25.6. The van der Waals surface area contributed by atoms with Crippen molar-refractivity contribution in [3.05, 3.63) is 35.4 Å². The highest BCUT2D eigenvalue weighted by Crippen LogP contribution is 2.49. The maximum Gasteiger partial charge on any atom is 0.226 e. The predicted octanol–water partition coefficient (Wildman–Crippen LogP) is 4.95. The second-order valence-corrected chi connectivity index (χ2v) is 11.6. The summed E-state index contributed by atoms with van der Waals surface area (Å²) in [4.78, 5) is 30.7. The van der Waals surface area contributed by atoms with Crippen LogP contribution in [0.25, 0.3) is 0 Å². The van der Waals surface area contributed by atoms with Crippen LogP contribution in [0.3, 0.4) is 0 Å². The van der Waals surface area contributed by atoms with Gasteiger partial charge < -0.3 is 5.73 Å². The Kier molecular flexibility index (Phi) is 8.41. The molecule has 1 unspecified atom stereocenters. The highest BCUT2D eigenvalue weighted by Gasteiger charge is 2.40. The first-order valence-corrected chi connectivity index (χ1v) is 14.2. The van der Waals surface area contributed by atoms with E-state index < -0.39 is 6.04 Å². The topological polar surface area (TPSA) is 122 Å². The smallest absolute Gasteiger partial charge is 0.226 e. The Labute approximate surface area is 219 Å². The summed E-state index contributed by atoms with van der Waals surface area (Å²) in [6, 6.07) is 7.57. The fourth-order valence-electron chi connectivity index (χ4n) is 6.96. The number of nitrogens with one attached hydrogen (secondary N) is 1. The van der Waals surface area contributed by atoms with E-state index >= 15 is 0 Å². The van der Waals surface area contributed by atoms with Gasteiger partial charge in [-0.2, -0.15) is 5.11 Å². The summed E-state index contributed by atoms with van der Waals surface area (Å²) in [5.74, 6) is 2.58. The van der Waals surface area contributed by atoms with E-state index in [0.717, 1.165) is 42.0 Å². The molecular formula is C29H40N6O2. The number of nitrogens with two attached hydrogens (primary N) is 1. The van der Waals surface area contributed by atoms with Crippen LogP contribution in [-0.4, -0.2) is 35.9 Å². The highest BCUT2D eigenvalue weighted by atomic mass is 16.2. The summed E-state index contributed by atoms with van der Waals surface area (Å²) in [6.07, 6.45) is 13.2. The molecule has 0 saturated heterocycles. The van der Waals surface area contributed by atoms with E-state index in [1.807, 2.05) is 18.2 Å². The van der Waals surface area contributed by atoms with E-state index in [1.54, 1.807) is 0 Å². The molecule has 4 aliphatic rings. The molecule has 3 fully saturated rings. The van der Waals surface area contributed by atoms with Crippen molar-refractivity contribution in [3.8, 4) is 0 Å². The molecule has 1 aliphatic heterocycles. The number of benzene rings is 1. The Bertz CT molecular complexity index is 1070. The Hall–Kier alpha value is -2.90. The second-order valence-electron chi connectivity index (χ2n) is 11.6. The van der Waals surface area contributed by atoms with Crippen molar-refractivity contribution in [3.63, 3.8) is 0 Å². The molecule has 3 saturated carbocycles. The molecule has 8 heteroatoms. The van der Waals surface area contributed by atoms with Crippen molar-refractivity contribution >= 4 is 23.4 Å². The average molecular weight is 505 g/mol. The first-order chi connectivity index (χ1) is 18.0. The van der Waals surface area contributed by atoms with Crippen LogP contribution in [0.4, 0.5) is 0 Å². The number of aryl methyl sites for hydroxylation is 1. The third-order valence-electron chi connectivity index (χ3n) is 8.92. The van der Waals surface area contributed by atoms with Crippen LogP contribution in [-0.2, 0) is 16.0 Å².